The molecule has 6 nitrogen and oxygen atoms in total. The molecule has 2 rings (SSSR count). The smallest absolute Gasteiger partial charge is 0.270 e. The molecule has 2 aromatic heterocycles. The van der Waals surface area contributed by atoms with Crippen molar-refractivity contribution >= 4 is 5.91 Å². The summed E-state index contributed by atoms with van der Waals surface area (Å²) in [6.45, 7) is 4.47. The van der Waals surface area contributed by atoms with Crippen molar-refractivity contribution in [2.24, 2.45) is 0 Å². The zero-order valence-electron chi connectivity index (χ0n) is 11.9. The van der Waals surface area contributed by atoms with E-state index in [1.807, 2.05) is 13.8 Å². The summed E-state index contributed by atoms with van der Waals surface area (Å²) in [7, 11) is 1.72. The normalized spacial score (nSPS) is 10.6. The van der Waals surface area contributed by atoms with Crippen LogP contribution >= 0.6 is 0 Å². The van der Waals surface area contributed by atoms with Gasteiger partial charge in [-0.25, -0.2) is 0 Å². The minimum atomic E-state index is -0.272. The fraction of sp³-hybridized carbons (Fsp3) is 0.357. The SMILES string of the molecule is Cc1n[nH]c(C)c1CCN(C)C(=O)c1cccc(=O)[nH]1. The minimum Gasteiger partial charge on any atom is -0.340 e. The van der Waals surface area contributed by atoms with E-state index < -0.39 is 0 Å². The molecule has 1 amide bonds. The van der Waals surface area contributed by atoms with Gasteiger partial charge in [0.1, 0.15) is 5.69 Å². The molecule has 0 radical (unpaired) electrons. The van der Waals surface area contributed by atoms with Crippen LogP contribution in [0.4, 0.5) is 0 Å². The highest BCUT2D eigenvalue weighted by Gasteiger charge is 2.14. The summed E-state index contributed by atoms with van der Waals surface area (Å²) in [5, 5.41) is 7.06. The minimum absolute atomic E-state index is 0.193. The van der Waals surface area contributed by atoms with Crippen LogP contribution in [0.25, 0.3) is 0 Å². The van der Waals surface area contributed by atoms with Gasteiger partial charge in [0.2, 0.25) is 5.56 Å². The molecule has 0 aliphatic carbocycles. The molecule has 0 fully saturated rings. The van der Waals surface area contributed by atoms with Gasteiger partial charge in [0.05, 0.1) is 5.69 Å². The van der Waals surface area contributed by atoms with Crippen LogP contribution in [-0.2, 0) is 6.42 Å². The molecule has 0 unspecified atom stereocenters. The highest BCUT2D eigenvalue weighted by Crippen LogP contribution is 2.10. The van der Waals surface area contributed by atoms with E-state index in [-0.39, 0.29) is 11.5 Å². The fourth-order valence-electron chi connectivity index (χ4n) is 2.10. The summed E-state index contributed by atoms with van der Waals surface area (Å²) in [5.74, 6) is -0.193. The van der Waals surface area contributed by atoms with Crippen molar-refractivity contribution in [2.45, 2.75) is 20.3 Å². The number of H-pyrrole nitrogens is 2. The summed E-state index contributed by atoms with van der Waals surface area (Å²) in [4.78, 5) is 27.5. The van der Waals surface area contributed by atoms with Crippen LogP contribution < -0.4 is 5.56 Å². The Bertz CT molecular complexity index is 652. The van der Waals surface area contributed by atoms with Crippen LogP contribution in [0, 0.1) is 13.8 Å². The molecular formula is C14H18N4O2. The standard InChI is InChI=1S/C14H18N4O2/c1-9-11(10(2)17-16-9)7-8-18(3)14(20)12-5-4-6-13(19)15-12/h4-6H,7-8H2,1-3H3,(H,15,19)(H,16,17). The van der Waals surface area contributed by atoms with Crippen LogP contribution in [0.3, 0.4) is 0 Å². The first-order chi connectivity index (χ1) is 9.49. The Kier molecular flexibility index (Phi) is 4.02. The third-order valence-electron chi connectivity index (χ3n) is 3.32. The predicted octanol–water partition coefficient (Wildman–Crippen LogP) is 1.03. The number of rotatable bonds is 4. The molecule has 0 aliphatic heterocycles. The van der Waals surface area contributed by atoms with E-state index in [0.717, 1.165) is 23.4 Å². The Morgan fingerprint density at radius 3 is 2.70 bits per heavy atom. The lowest BCUT2D eigenvalue weighted by molar-refractivity contribution is 0.0790. The zero-order chi connectivity index (χ0) is 14.7. The van der Waals surface area contributed by atoms with Crippen LogP contribution in [0.2, 0.25) is 0 Å². The van der Waals surface area contributed by atoms with Crippen LogP contribution in [0.1, 0.15) is 27.4 Å². The Balaban J connectivity index is 2.03. The van der Waals surface area contributed by atoms with E-state index in [4.69, 9.17) is 0 Å². The lowest BCUT2D eigenvalue weighted by atomic mass is 10.1. The molecule has 2 N–H and O–H groups in total. The molecule has 0 aliphatic rings. The van der Waals surface area contributed by atoms with Gasteiger partial charge in [-0.3, -0.25) is 14.7 Å². The Labute approximate surface area is 116 Å². The lowest BCUT2D eigenvalue weighted by Crippen LogP contribution is -2.30. The topological polar surface area (TPSA) is 81.8 Å². The summed E-state index contributed by atoms with van der Waals surface area (Å²) in [6, 6.07) is 4.56. The summed E-state index contributed by atoms with van der Waals surface area (Å²) >= 11 is 0. The van der Waals surface area contributed by atoms with E-state index in [9.17, 15) is 9.59 Å². The molecule has 2 heterocycles. The van der Waals surface area contributed by atoms with Gasteiger partial charge >= 0.3 is 0 Å². The Morgan fingerprint density at radius 2 is 2.10 bits per heavy atom. The number of carbonyl (C=O) groups excluding carboxylic acids is 1. The molecule has 0 saturated heterocycles. The van der Waals surface area contributed by atoms with Crippen molar-refractivity contribution < 1.29 is 4.79 Å². The van der Waals surface area contributed by atoms with Crippen molar-refractivity contribution in [3.05, 3.63) is 51.2 Å². The van der Waals surface area contributed by atoms with Crippen molar-refractivity contribution in [3.63, 3.8) is 0 Å². The van der Waals surface area contributed by atoms with Crippen LogP contribution in [0.5, 0.6) is 0 Å². The predicted molar refractivity (Wildman–Crippen MR) is 75.8 cm³/mol. The van der Waals surface area contributed by atoms with Gasteiger partial charge < -0.3 is 9.88 Å². The number of nitrogens with one attached hydrogen (secondary N) is 2. The molecule has 0 bridgehead atoms. The van der Waals surface area contributed by atoms with Crippen molar-refractivity contribution in [2.75, 3.05) is 13.6 Å². The number of aryl methyl sites for hydroxylation is 2. The second kappa shape index (κ2) is 5.73. The highest BCUT2D eigenvalue weighted by molar-refractivity contribution is 5.92. The summed E-state index contributed by atoms with van der Waals surface area (Å²) < 4.78 is 0. The number of aromatic nitrogens is 3. The van der Waals surface area contributed by atoms with Gasteiger partial charge in [0, 0.05) is 25.4 Å². The van der Waals surface area contributed by atoms with Crippen molar-refractivity contribution in [3.8, 4) is 0 Å². The quantitative estimate of drug-likeness (QED) is 0.873. The lowest BCUT2D eigenvalue weighted by Gasteiger charge is -2.17. The van der Waals surface area contributed by atoms with Crippen molar-refractivity contribution in [1.29, 1.82) is 0 Å². The van der Waals surface area contributed by atoms with Gasteiger partial charge in [-0.1, -0.05) is 6.07 Å². The van der Waals surface area contributed by atoms with Crippen LogP contribution in [-0.4, -0.2) is 39.6 Å². The maximum atomic E-state index is 12.2. The first-order valence-electron chi connectivity index (χ1n) is 6.44. The number of aromatic amines is 2. The first kappa shape index (κ1) is 14.0. The Hall–Kier alpha value is -2.37. The molecule has 0 atom stereocenters. The maximum Gasteiger partial charge on any atom is 0.270 e. The van der Waals surface area contributed by atoms with Gasteiger partial charge in [-0.2, -0.15) is 5.10 Å². The highest BCUT2D eigenvalue weighted by atomic mass is 16.2. The van der Waals surface area contributed by atoms with Crippen LogP contribution in [0.15, 0.2) is 23.0 Å². The molecule has 2 aromatic rings. The third kappa shape index (κ3) is 2.96. The second-order valence-corrected chi connectivity index (χ2v) is 4.82. The molecular weight excluding hydrogens is 256 g/mol. The largest absolute Gasteiger partial charge is 0.340 e. The monoisotopic (exact) mass is 274 g/mol. The average molecular weight is 274 g/mol. The number of hydrogen-bond donors (Lipinski definition) is 2. The third-order valence-corrected chi connectivity index (χ3v) is 3.32. The number of pyridine rings is 1. The number of carbonyl (C=O) groups is 1. The Morgan fingerprint density at radius 1 is 1.35 bits per heavy atom. The van der Waals surface area contributed by atoms with E-state index in [1.54, 1.807) is 24.1 Å². The van der Waals surface area contributed by atoms with Crippen molar-refractivity contribution in [1.82, 2.24) is 20.1 Å². The van der Waals surface area contributed by atoms with E-state index >= 15 is 0 Å². The maximum absolute atomic E-state index is 12.2. The van der Waals surface area contributed by atoms with Gasteiger partial charge in [-0.15, -0.1) is 0 Å². The molecule has 20 heavy (non-hydrogen) atoms. The van der Waals surface area contributed by atoms with E-state index in [1.165, 1.54) is 6.07 Å². The number of nitrogens with zero attached hydrogens (tertiary/aromatic N) is 2. The van der Waals surface area contributed by atoms with Gasteiger partial charge in [0.25, 0.3) is 5.91 Å². The van der Waals surface area contributed by atoms with Gasteiger partial charge in [-0.05, 0) is 31.9 Å². The number of amides is 1. The number of hydrogen-bond acceptors (Lipinski definition) is 3. The van der Waals surface area contributed by atoms with Gasteiger partial charge in [0.15, 0.2) is 0 Å². The molecule has 106 valence electrons. The molecule has 0 saturated carbocycles. The summed E-state index contributed by atoms with van der Waals surface area (Å²) in [6.07, 6.45) is 0.730. The molecule has 0 spiro atoms. The van der Waals surface area contributed by atoms with E-state index in [2.05, 4.69) is 15.2 Å². The average Bonchev–Trinajstić information content (AvgIpc) is 2.74. The van der Waals surface area contributed by atoms with E-state index in [0.29, 0.717) is 12.2 Å². The number of likely N-dealkylation sites (N-methyl/N-ethyl adjacent to an activating group) is 1. The molecule has 6 heteroatoms. The first-order valence-corrected chi connectivity index (χ1v) is 6.44. The second-order valence-electron chi connectivity index (χ2n) is 4.82. The zero-order valence-corrected chi connectivity index (χ0v) is 11.9. The molecule has 0 aromatic carbocycles. The summed E-state index contributed by atoms with van der Waals surface area (Å²) in [5.41, 5.74) is 3.14. The fourth-order valence-corrected chi connectivity index (χ4v) is 2.10.